The molecule has 1 aromatic heterocycles. The minimum atomic E-state index is -0.592. The van der Waals surface area contributed by atoms with Crippen molar-refractivity contribution in [2.45, 2.75) is 5.41 Å². The number of para-hydroxylation sites is 1. The lowest BCUT2D eigenvalue weighted by atomic mass is 9.65. The molecule has 0 fully saturated rings. The van der Waals surface area contributed by atoms with Crippen LogP contribution in [0.1, 0.15) is 22.3 Å². The van der Waals surface area contributed by atoms with Gasteiger partial charge in [0, 0.05) is 53.4 Å². The predicted octanol–water partition coefficient (Wildman–Crippen LogP) is 16.0. The Bertz CT molecular complexity index is 3440. The van der Waals surface area contributed by atoms with Gasteiger partial charge in [0.1, 0.15) is 11.5 Å². The maximum atomic E-state index is 7.19. The highest BCUT2D eigenvalue weighted by molar-refractivity contribution is 7.26. The molecule has 1 spiro atoms. The van der Waals surface area contributed by atoms with Crippen LogP contribution in [-0.4, -0.2) is 0 Å². The van der Waals surface area contributed by atoms with Gasteiger partial charge in [-0.3, -0.25) is 0 Å². The van der Waals surface area contributed by atoms with E-state index in [0.717, 1.165) is 33.6 Å². The van der Waals surface area contributed by atoms with Gasteiger partial charge in [-0.05, 0) is 86.6 Å². The van der Waals surface area contributed by atoms with Crippen LogP contribution in [0.2, 0.25) is 0 Å². The molecule has 280 valence electrons. The van der Waals surface area contributed by atoms with Gasteiger partial charge < -0.3 is 9.64 Å². The van der Waals surface area contributed by atoms with E-state index in [2.05, 4.69) is 217 Å². The maximum Gasteiger partial charge on any atom is 0.140 e. The van der Waals surface area contributed by atoms with Crippen molar-refractivity contribution in [2.75, 3.05) is 4.90 Å². The van der Waals surface area contributed by atoms with Crippen LogP contribution in [0.25, 0.3) is 64.0 Å². The number of anilines is 3. The zero-order valence-electron chi connectivity index (χ0n) is 32.5. The molecule has 11 aromatic rings. The van der Waals surface area contributed by atoms with Crippen LogP contribution in [0.4, 0.5) is 17.1 Å². The Balaban J connectivity index is 1.04. The molecule has 0 atom stereocenters. The maximum absolute atomic E-state index is 7.19. The first-order valence-corrected chi connectivity index (χ1v) is 21.4. The second kappa shape index (κ2) is 12.8. The first kappa shape index (κ1) is 33.5. The van der Waals surface area contributed by atoms with Crippen molar-refractivity contribution in [1.82, 2.24) is 0 Å². The van der Waals surface area contributed by atoms with Crippen LogP contribution < -0.4 is 9.64 Å². The van der Waals surface area contributed by atoms with Gasteiger partial charge in [0.05, 0.1) is 11.1 Å². The molecule has 0 bridgehead atoms. The van der Waals surface area contributed by atoms with E-state index in [1.807, 2.05) is 11.3 Å². The van der Waals surface area contributed by atoms with Crippen molar-refractivity contribution < 1.29 is 4.74 Å². The molecule has 0 saturated heterocycles. The zero-order valence-corrected chi connectivity index (χ0v) is 33.3. The van der Waals surface area contributed by atoms with Crippen LogP contribution in [0.3, 0.4) is 0 Å². The van der Waals surface area contributed by atoms with Crippen molar-refractivity contribution in [3.63, 3.8) is 0 Å². The first-order chi connectivity index (χ1) is 29.8. The lowest BCUT2D eigenvalue weighted by molar-refractivity contribution is 0.447. The molecule has 3 heteroatoms. The standard InChI is InChI=1S/C57H35NOS/c1-2-16-39(17-3-1)58(50-25-13-27-52-54(50)45-21-9-11-26-51(45)60-52)40-32-28-38(29-33-40)41-22-12-24-47-53(41)44-20-8-10-23-46(44)57(47)48-34-30-36-14-4-6-18-42(36)55(48)59-56-43-19-7-5-15-37(43)31-35-49(56)57/h1-35H. The number of hydrogen-bond donors (Lipinski definition) is 0. The number of benzene rings is 10. The Morgan fingerprint density at radius 3 is 1.70 bits per heavy atom. The zero-order chi connectivity index (χ0) is 39.4. The molecule has 60 heavy (non-hydrogen) atoms. The fourth-order valence-electron chi connectivity index (χ4n) is 10.4. The van der Waals surface area contributed by atoms with Crippen LogP contribution in [0, 0.1) is 0 Å². The number of fused-ring (bicyclic) bond motifs is 16. The molecular formula is C57H35NOS. The van der Waals surface area contributed by atoms with Crippen molar-refractivity contribution in [2.24, 2.45) is 0 Å². The average molecular weight is 782 g/mol. The highest BCUT2D eigenvalue weighted by Crippen LogP contribution is 2.65. The van der Waals surface area contributed by atoms with Crippen molar-refractivity contribution >= 4 is 70.1 Å². The normalized spacial score (nSPS) is 13.3. The van der Waals surface area contributed by atoms with Gasteiger partial charge >= 0.3 is 0 Å². The summed E-state index contributed by atoms with van der Waals surface area (Å²) < 4.78 is 9.77. The molecule has 1 aliphatic heterocycles. The number of rotatable bonds is 4. The van der Waals surface area contributed by atoms with E-state index in [9.17, 15) is 0 Å². The smallest absolute Gasteiger partial charge is 0.140 e. The van der Waals surface area contributed by atoms with Crippen molar-refractivity contribution in [3.05, 3.63) is 235 Å². The Kier molecular flexibility index (Phi) is 7.13. The van der Waals surface area contributed by atoms with Crippen molar-refractivity contribution in [3.8, 4) is 33.8 Å². The van der Waals surface area contributed by atoms with Crippen LogP contribution in [-0.2, 0) is 5.41 Å². The molecule has 0 amide bonds. The van der Waals surface area contributed by atoms with Gasteiger partial charge in [-0.2, -0.15) is 0 Å². The second-order valence-electron chi connectivity index (χ2n) is 15.9. The number of thiophene rings is 1. The SMILES string of the molecule is c1ccc(N(c2ccc(-c3cccc4c3-c3ccccc3C43c4ccc5ccccc5c4Oc4c3ccc3ccccc43)cc2)c2cccc3sc4ccccc4c23)cc1. The van der Waals surface area contributed by atoms with Gasteiger partial charge in [0.25, 0.3) is 0 Å². The third-order valence-corrected chi connectivity index (χ3v) is 14.0. The number of ether oxygens (including phenoxy) is 1. The molecule has 2 aliphatic rings. The summed E-state index contributed by atoms with van der Waals surface area (Å²) in [4.78, 5) is 2.41. The fourth-order valence-corrected chi connectivity index (χ4v) is 11.6. The molecule has 1 aliphatic carbocycles. The summed E-state index contributed by atoms with van der Waals surface area (Å²) in [6.45, 7) is 0. The molecule has 13 rings (SSSR count). The van der Waals surface area contributed by atoms with E-state index >= 15 is 0 Å². The first-order valence-electron chi connectivity index (χ1n) is 20.6. The Labute approximate surface area is 351 Å². The van der Waals surface area contributed by atoms with E-state index in [1.54, 1.807) is 0 Å². The average Bonchev–Trinajstić information content (AvgIpc) is 3.84. The van der Waals surface area contributed by atoms with Gasteiger partial charge in [0.15, 0.2) is 0 Å². The quantitative estimate of drug-likeness (QED) is 0.176. The van der Waals surface area contributed by atoms with Gasteiger partial charge in [-0.15, -0.1) is 11.3 Å². The van der Waals surface area contributed by atoms with Crippen LogP contribution in [0.5, 0.6) is 11.5 Å². The lowest BCUT2D eigenvalue weighted by Gasteiger charge is -2.40. The Morgan fingerprint density at radius 2 is 0.950 bits per heavy atom. The fraction of sp³-hybridized carbons (Fsp3) is 0.0175. The Hall–Kier alpha value is -7.46. The highest BCUT2D eigenvalue weighted by Gasteiger charge is 2.52. The third kappa shape index (κ3) is 4.58. The molecular weight excluding hydrogens is 747 g/mol. The topological polar surface area (TPSA) is 12.5 Å². The minimum Gasteiger partial charge on any atom is -0.455 e. The van der Waals surface area contributed by atoms with E-state index in [4.69, 9.17) is 4.74 Å². The monoisotopic (exact) mass is 781 g/mol. The van der Waals surface area contributed by atoms with Gasteiger partial charge in [-0.25, -0.2) is 0 Å². The second-order valence-corrected chi connectivity index (χ2v) is 17.0. The van der Waals surface area contributed by atoms with E-state index in [0.29, 0.717) is 0 Å². The number of nitrogens with zero attached hydrogens (tertiary/aromatic N) is 1. The summed E-state index contributed by atoms with van der Waals surface area (Å²) in [6, 6.07) is 77.8. The lowest BCUT2D eigenvalue weighted by Crippen LogP contribution is -2.32. The third-order valence-electron chi connectivity index (χ3n) is 12.9. The molecule has 2 nitrogen and oxygen atoms in total. The molecule has 0 radical (unpaired) electrons. The Morgan fingerprint density at radius 1 is 0.383 bits per heavy atom. The summed E-state index contributed by atoms with van der Waals surface area (Å²) in [5.74, 6) is 1.87. The van der Waals surface area contributed by atoms with Gasteiger partial charge in [0.2, 0.25) is 0 Å². The van der Waals surface area contributed by atoms with Gasteiger partial charge in [-0.1, -0.05) is 170 Å². The number of hydrogen-bond acceptors (Lipinski definition) is 3. The molecule has 0 saturated carbocycles. The van der Waals surface area contributed by atoms with E-state index in [-0.39, 0.29) is 0 Å². The molecule has 0 N–H and O–H groups in total. The summed E-state index contributed by atoms with van der Waals surface area (Å²) in [5, 5.41) is 7.16. The highest BCUT2D eigenvalue weighted by atomic mass is 32.1. The largest absolute Gasteiger partial charge is 0.455 e. The summed E-state index contributed by atoms with van der Waals surface area (Å²) in [5.41, 5.74) is 12.7. The van der Waals surface area contributed by atoms with Crippen LogP contribution in [0.15, 0.2) is 212 Å². The molecule has 10 aromatic carbocycles. The summed E-state index contributed by atoms with van der Waals surface area (Å²) in [6.07, 6.45) is 0. The van der Waals surface area contributed by atoms with E-state index in [1.165, 1.54) is 81.1 Å². The van der Waals surface area contributed by atoms with E-state index < -0.39 is 5.41 Å². The predicted molar refractivity (Wildman–Crippen MR) is 252 cm³/mol. The molecule has 2 heterocycles. The molecule has 0 unspecified atom stereocenters. The van der Waals surface area contributed by atoms with Crippen molar-refractivity contribution in [1.29, 1.82) is 0 Å². The summed E-state index contributed by atoms with van der Waals surface area (Å²) in [7, 11) is 0. The van der Waals surface area contributed by atoms with Crippen LogP contribution >= 0.6 is 11.3 Å². The summed E-state index contributed by atoms with van der Waals surface area (Å²) >= 11 is 1.86. The minimum absolute atomic E-state index is 0.592.